The molecule has 0 spiro atoms. The van der Waals surface area contributed by atoms with E-state index < -0.39 is 10.0 Å². The molecule has 2 rings (SSSR count). The molecule has 0 saturated heterocycles. The first-order valence-electron chi connectivity index (χ1n) is 8.02. The van der Waals surface area contributed by atoms with Crippen LogP contribution in [-0.2, 0) is 30.2 Å². The Bertz CT molecular complexity index is 848. The lowest BCUT2D eigenvalue weighted by Crippen LogP contribution is -2.38. The molecule has 0 atom stereocenters. The Labute approximate surface area is 172 Å². The van der Waals surface area contributed by atoms with Crippen LogP contribution in [-0.4, -0.2) is 37.4 Å². The van der Waals surface area contributed by atoms with Gasteiger partial charge in [-0.2, -0.15) is 0 Å². The first kappa shape index (κ1) is 22.5. The molecule has 9 heteroatoms. The molecule has 1 aromatic carbocycles. The fraction of sp³-hybridized carbons (Fsp3) is 0.353. The Balaban J connectivity index is 0.00000338. The Morgan fingerprint density at radius 1 is 1.31 bits per heavy atom. The number of guanidine groups is 1. The summed E-state index contributed by atoms with van der Waals surface area (Å²) in [5.41, 5.74) is 1.96. The molecule has 2 aromatic rings. The number of nitrogens with one attached hydrogen (secondary N) is 1. The van der Waals surface area contributed by atoms with Crippen LogP contribution in [0, 0.1) is 0 Å². The molecule has 0 radical (unpaired) electrons. The number of halogens is 1. The topological polar surface area (TPSA) is 92.7 Å². The van der Waals surface area contributed by atoms with Crippen LogP contribution in [0.3, 0.4) is 0 Å². The summed E-state index contributed by atoms with van der Waals surface area (Å²) in [5.74, 6) is 0.754. The number of benzene rings is 1. The summed E-state index contributed by atoms with van der Waals surface area (Å²) in [5, 5.41) is 8.43. The Kier molecular flexibility index (Phi) is 8.57. The zero-order valence-corrected chi connectivity index (χ0v) is 18.4. The second-order valence-electron chi connectivity index (χ2n) is 5.83. The number of nitrogens with zero attached hydrogens (tertiary/aromatic N) is 3. The molecule has 144 valence electrons. The summed E-state index contributed by atoms with van der Waals surface area (Å²) in [6, 6.07) is 10.6. The minimum Gasteiger partial charge on any atom is -0.357 e. The van der Waals surface area contributed by atoms with Crippen LogP contribution >= 0.6 is 24.0 Å². The molecule has 0 aliphatic rings. The summed E-state index contributed by atoms with van der Waals surface area (Å²) in [6.45, 7) is 3.83. The summed E-state index contributed by atoms with van der Waals surface area (Å²) in [6.07, 6.45) is 2.01. The first-order valence-corrected chi connectivity index (χ1v) is 9.57. The molecule has 0 bridgehead atoms. The van der Waals surface area contributed by atoms with E-state index in [4.69, 9.17) is 5.14 Å². The van der Waals surface area contributed by atoms with E-state index >= 15 is 0 Å². The van der Waals surface area contributed by atoms with E-state index in [1.807, 2.05) is 44.2 Å². The van der Waals surface area contributed by atoms with Gasteiger partial charge in [0.25, 0.3) is 0 Å². The van der Waals surface area contributed by atoms with Gasteiger partial charge in [0.05, 0.1) is 18.0 Å². The second-order valence-corrected chi connectivity index (χ2v) is 7.39. The van der Waals surface area contributed by atoms with E-state index in [1.165, 1.54) is 11.8 Å². The van der Waals surface area contributed by atoms with Gasteiger partial charge in [-0.25, -0.2) is 18.5 Å². The van der Waals surface area contributed by atoms with Gasteiger partial charge in [-0.3, -0.25) is 0 Å². The number of aromatic nitrogens is 1. The molecule has 7 nitrogen and oxygen atoms in total. The third-order valence-corrected chi connectivity index (χ3v) is 4.70. The number of nitrogens with two attached hydrogens (primary N) is 1. The standard InChI is InChI=1S/C17H25N5O2S.HI/c1-4-19-17(22(3)13-15-8-6-10-21(15)2)20-12-14-7-5-9-16(11-14)25(18,23)24;/h5-11H,4,12-13H2,1-3H3,(H,19,20)(H2,18,23,24);1H. The molecule has 1 heterocycles. The van der Waals surface area contributed by atoms with Gasteiger partial charge < -0.3 is 14.8 Å². The van der Waals surface area contributed by atoms with E-state index in [0.29, 0.717) is 13.1 Å². The van der Waals surface area contributed by atoms with Gasteiger partial charge >= 0.3 is 0 Å². The lowest BCUT2D eigenvalue weighted by molar-refractivity contribution is 0.462. The van der Waals surface area contributed by atoms with Crippen molar-refractivity contribution in [2.45, 2.75) is 24.9 Å². The average Bonchev–Trinajstić information content (AvgIpc) is 2.96. The van der Waals surface area contributed by atoms with E-state index in [-0.39, 0.29) is 28.9 Å². The quantitative estimate of drug-likeness (QED) is 0.367. The van der Waals surface area contributed by atoms with E-state index in [1.54, 1.807) is 12.1 Å². The lowest BCUT2D eigenvalue weighted by Gasteiger charge is -2.22. The predicted molar refractivity (Wildman–Crippen MR) is 115 cm³/mol. The largest absolute Gasteiger partial charge is 0.357 e. The van der Waals surface area contributed by atoms with Gasteiger partial charge in [0.1, 0.15) is 0 Å². The lowest BCUT2D eigenvalue weighted by atomic mass is 10.2. The third kappa shape index (κ3) is 6.29. The molecule has 1 aromatic heterocycles. The van der Waals surface area contributed by atoms with Crippen molar-refractivity contribution in [3.8, 4) is 0 Å². The highest BCUT2D eigenvalue weighted by Crippen LogP contribution is 2.11. The number of aryl methyl sites for hydroxylation is 1. The maximum absolute atomic E-state index is 11.5. The third-order valence-electron chi connectivity index (χ3n) is 3.79. The summed E-state index contributed by atoms with van der Waals surface area (Å²) in [7, 11) is 0.267. The second kappa shape index (κ2) is 9.93. The summed E-state index contributed by atoms with van der Waals surface area (Å²) >= 11 is 0. The highest BCUT2D eigenvalue weighted by Gasteiger charge is 2.10. The average molecular weight is 491 g/mol. The normalized spacial score (nSPS) is 11.8. The Hall–Kier alpha value is -1.59. The molecule has 0 unspecified atom stereocenters. The van der Waals surface area contributed by atoms with Gasteiger partial charge in [-0.1, -0.05) is 12.1 Å². The SMILES string of the molecule is CCNC(=NCc1cccc(S(N)(=O)=O)c1)N(C)Cc1cccn1C.I. The van der Waals surface area contributed by atoms with Crippen molar-refractivity contribution in [1.29, 1.82) is 0 Å². The van der Waals surface area contributed by atoms with E-state index in [2.05, 4.69) is 20.9 Å². The fourth-order valence-electron chi connectivity index (χ4n) is 2.44. The van der Waals surface area contributed by atoms with Gasteiger partial charge in [0.2, 0.25) is 10.0 Å². The fourth-order valence-corrected chi connectivity index (χ4v) is 3.02. The highest BCUT2D eigenvalue weighted by atomic mass is 127. The van der Waals surface area contributed by atoms with Crippen LogP contribution < -0.4 is 10.5 Å². The van der Waals surface area contributed by atoms with Gasteiger partial charge in [-0.15, -0.1) is 24.0 Å². The molecule has 3 N–H and O–H groups in total. The summed E-state index contributed by atoms with van der Waals surface area (Å²) in [4.78, 5) is 6.73. The smallest absolute Gasteiger partial charge is 0.238 e. The van der Waals surface area contributed by atoms with Crippen molar-refractivity contribution in [3.05, 3.63) is 53.9 Å². The molecule has 0 fully saturated rings. The molecule has 0 saturated carbocycles. The zero-order valence-electron chi connectivity index (χ0n) is 15.2. The van der Waals surface area contributed by atoms with Crippen LogP contribution in [0.15, 0.2) is 52.5 Å². The van der Waals surface area contributed by atoms with Gasteiger partial charge in [0, 0.05) is 32.5 Å². The molecule has 0 aliphatic carbocycles. The predicted octanol–water partition coefficient (Wildman–Crippen LogP) is 1.89. The van der Waals surface area contributed by atoms with Crippen molar-refractivity contribution in [1.82, 2.24) is 14.8 Å². The molecular weight excluding hydrogens is 465 g/mol. The summed E-state index contributed by atoms with van der Waals surface area (Å²) < 4.78 is 25.0. The van der Waals surface area contributed by atoms with Crippen LogP contribution in [0.2, 0.25) is 0 Å². The van der Waals surface area contributed by atoms with Crippen molar-refractivity contribution >= 4 is 40.0 Å². The molecule has 26 heavy (non-hydrogen) atoms. The number of sulfonamides is 1. The van der Waals surface area contributed by atoms with Crippen LogP contribution in [0.25, 0.3) is 0 Å². The monoisotopic (exact) mass is 491 g/mol. The van der Waals surface area contributed by atoms with Crippen molar-refractivity contribution < 1.29 is 8.42 Å². The number of aliphatic imine (C=N–C) groups is 1. The molecule has 0 aliphatic heterocycles. The van der Waals surface area contributed by atoms with Crippen LogP contribution in [0.4, 0.5) is 0 Å². The van der Waals surface area contributed by atoms with Crippen LogP contribution in [0.1, 0.15) is 18.2 Å². The molecule has 0 amide bonds. The van der Waals surface area contributed by atoms with E-state index in [9.17, 15) is 8.42 Å². The maximum atomic E-state index is 11.5. The Morgan fingerprint density at radius 2 is 2.04 bits per heavy atom. The van der Waals surface area contributed by atoms with Crippen LogP contribution in [0.5, 0.6) is 0 Å². The minimum atomic E-state index is -3.71. The minimum absolute atomic E-state index is 0. The number of primary sulfonamides is 1. The number of hydrogen-bond acceptors (Lipinski definition) is 3. The van der Waals surface area contributed by atoms with Gasteiger partial charge in [0.15, 0.2) is 5.96 Å². The number of hydrogen-bond donors (Lipinski definition) is 2. The number of rotatable bonds is 6. The van der Waals surface area contributed by atoms with Crippen molar-refractivity contribution in [2.24, 2.45) is 17.2 Å². The Morgan fingerprint density at radius 3 is 2.62 bits per heavy atom. The first-order chi connectivity index (χ1) is 11.8. The molecular formula is C17H26IN5O2S. The van der Waals surface area contributed by atoms with Crippen molar-refractivity contribution in [2.75, 3.05) is 13.6 Å². The maximum Gasteiger partial charge on any atom is 0.238 e. The zero-order chi connectivity index (χ0) is 18.4. The van der Waals surface area contributed by atoms with Gasteiger partial charge in [-0.05, 0) is 36.8 Å². The van der Waals surface area contributed by atoms with E-state index in [0.717, 1.165) is 18.1 Å². The van der Waals surface area contributed by atoms with Crippen molar-refractivity contribution in [3.63, 3.8) is 0 Å². The highest BCUT2D eigenvalue weighted by molar-refractivity contribution is 14.0.